The van der Waals surface area contributed by atoms with Crippen LogP contribution in [0, 0.1) is 12.7 Å². The van der Waals surface area contributed by atoms with Crippen molar-refractivity contribution in [3.8, 4) is 0 Å². The number of halogens is 1. The first-order chi connectivity index (χ1) is 17.8. The summed E-state index contributed by atoms with van der Waals surface area (Å²) >= 11 is 0. The second kappa shape index (κ2) is 10.9. The number of imidazole rings is 1. The van der Waals surface area contributed by atoms with Gasteiger partial charge in [0, 0.05) is 43.3 Å². The molecule has 9 heteroatoms. The summed E-state index contributed by atoms with van der Waals surface area (Å²) in [5, 5.41) is 8.63. The number of morpholine rings is 1. The number of nitrogens with zero attached hydrogens (tertiary/aromatic N) is 4. The van der Waals surface area contributed by atoms with Gasteiger partial charge in [-0.1, -0.05) is 12.1 Å². The van der Waals surface area contributed by atoms with Gasteiger partial charge in [0.1, 0.15) is 5.82 Å². The lowest BCUT2D eigenvalue weighted by Gasteiger charge is -2.29. The SMILES string of the molecule is Cc1nc2c(NC(C)(C)C)cc(N3CCOCC3)nn2c1Cc1cccc(F)c1COC1CCCCO1. The molecule has 1 N–H and O–H groups in total. The molecule has 2 saturated heterocycles. The van der Waals surface area contributed by atoms with E-state index in [-0.39, 0.29) is 24.3 Å². The van der Waals surface area contributed by atoms with E-state index in [0.717, 1.165) is 66.5 Å². The molecule has 5 rings (SSSR count). The minimum Gasteiger partial charge on any atom is -0.378 e. The van der Waals surface area contributed by atoms with Crippen molar-refractivity contribution in [3.63, 3.8) is 0 Å². The van der Waals surface area contributed by atoms with Crippen LogP contribution in [0.15, 0.2) is 24.3 Å². The van der Waals surface area contributed by atoms with Crippen molar-refractivity contribution < 1.29 is 18.6 Å². The molecule has 0 bridgehead atoms. The number of fused-ring (bicyclic) bond motifs is 1. The molecule has 0 amide bonds. The zero-order valence-electron chi connectivity index (χ0n) is 22.3. The van der Waals surface area contributed by atoms with Crippen LogP contribution >= 0.6 is 0 Å². The number of nitrogens with one attached hydrogen (secondary N) is 1. The molecular formula is C28H38FN5O3. The number of anilines is 2. The largest absolute Gasteiger partial charge is 0.378 e. The van der Waals surface area contributed by atoms with Crippen LogP contribution in [0.1, 0.15) is 62.5 Å². The smallest absolute Gasteiger partial charge is 0.177 e. The second-order valence-corrected chi connectivity index (χ2v) is 10.9. The number of aryl methyl sites for hydroxylation is 1. The third-order valence-electron chi connectivity index (χ3n) is 6.83. The van der Waals surface area contributed by atoms with E-state index in [4.69, 9.17) is 24.3 Å². The summed E-state index contributed by atoms with van der Waals surface area (Å²) < 4.78 is 34.2. The Morgan fingerprint density at radius 2 is 1.97 bits per heavy atom. The minimum atomic E-state index is -0.275. The van der Waals surface area contributed by atoms with Crippen molar-refractivity contribution in [3.05, 3.63) is 52.6 Å². The quantitative estimate of drug-likeness (QED) is 0.486. The average molecular weight is 512 g/mol. The van der Waals surface area contributed by atoms with Gasteiger partial charge in [0.05, 0.1) is 36.9 Å². The van der Waals surface area contributed by atoms with E-state index < -0.39 is 0 Å². The normalized spacial score (nSPS) is 18.9. The second-order valence-electron chi connectivity index (χ2n) is 10.9. The molecule has 0 saturated carbocycles. The summed E-state index contributed by atoms with van der Waals surface area (Å²) in [6, 6.07) is 7.28. The summed E-state index contributed by atoms with van der Waals surface area (Å²) in [7, 11) is 0. The molecule has 2 aliphatic heterocycles. The number of benzene rings is 1. The molecule has 3 aromatic rings. The van der Waals surface area contributed by atoms with Crippen LogP contribution in [0.3, 0.4) is 0 Å². The molecule has 2 aromatic heterocycles. The Kier molecular flexibility index (Phi) is 7.65. The Hall–Kier alpha value is -2.75. The third-order valence-corrected chi connectivity index (χ3v) is 6.83. The Morgan fingerprint density at radius 1 is 1.16 bits per heavy atom. The zero-order chi connectivity index (χ0) is 26.0. The van der Waals surface area contributed by atoms with Crippen molar-refractivity contribution in [2.45, 2.75) is 71.8 Å². The number of hydrogen-bond acceptors (Lipinski definition) is 7. The monoisotopic (exact) mass is 511 g/mol. The van der Waals surface area contributed by atoms with E-state index in [2.05, 4.69) is 37.1 Å². The molecule has 2 fully saturated rings. The molecule has 0 radical (unpaired) electrons. The molecule has 1 atom stereocenters. The fourth-order valence-electron chi connectivity index (χ4n) is 4.93. The number of rotatable bonds is 7. The van der Waals surface area contributed by atoms with E-state index in [0.29, 0.717) is 31.8 Å². The summed E-state index contributed by atoms with van der Waals surface area (Å²) in [5.41, 5.74) is 4.77. The van der Waals surface area contributed by atoms with Crippen molar-refractivity contribution in [1.82, 2.24) is 14.6 Å². The van der Waals surface area contributed by atoms with Crippen LogP contribution < -0.4 is 10.2 Å². The first-order valence-electron chi connectivity index (χ1n) is 13.3. The van der Waals surface area contributed by atoms with Gasteiger partial charge in [0.15, 0.2) is 17.8 Å². The van der Waals surface area contributed by atoms with E-state index >= 15 is 4.39 Å². The number of ether oxygens (including phenoxy) is 3. The van der Waals surface area contributed by atoms with Gasteiger partial charge < -0.3 is 24.4 Å². The van der Waals surface area contributed by atoms with Crippen LogP contribution in [-0.2, 0) is 27.2 Å². The summed E-state index contributed by atoms with van der Waals surface area (Å²) in [6.07, 6.45) is 3.17. The molecule has 1 aromatic carbocycles. The Morgan fingerprint density at radius 3 is 2.70 bits per heavy atom. The molecule has 0 spiro atoms. The van der Waals surface area contributed by atoms with E-state index in [1.165, 1.54) is 6.07 Å². The molecule has 37 heavy (non-hydrogen) atoms. The summed E-state index contributed by atoms with van der Waals surface area (Å²) in [6.45, 7) is 12.2. The molecule has 2 aliphatic rings. The Labute approximate surface area is 218 Å². The van der Waals surface area contributed by atoms with Gasteiger partial charge in [-0.3, -0.25) is 0 Å². The highest BCUT2D eigenvalue weighted by Gasteiger charge is 2.23. The topological polar surface area (TPSA) is 73.2 Å². The molecule has 1 unspecified atom stereocenters. The van der Waals surface area contributed by atoms with E-state index in [1.807, 2.05) is 17.5 Å². The van der Waals surface area contributed by atoms with Crippen LogP contribution in [0.4, 0.5) is 15.9 Å². The van der Waals surface area contributed by atoms with Crippen molar-refractivity contribution >= 4 is 17.2 Å². The molecular weight excluding hydrogens is 473 g/mol. The predicted octanol–water partition coefficient (Wildman–Crippen LogP) is 4.86. The average Bonchev–Trinajstić information content (AvgIpc) is 3.19. The van der Waals surface area contributed by atoms with Crippen LogP contribution in [0.2, 0.25) is 0 Å². The predicted molar refractivity (Wildman–Crippen MR) is 142 cm³/mol. The maximum atomic E-state index is 15.0. The van der Waals surface area contributed by atoms with E-state index in [1.54, 1.807) is 6.07 Å². The minimum absolute atomic E-state index is 0.154. The highest BCUT2D eigenvalue weighted by molar-refractivity contribution is 5.72. The molecule has 4 heterocycles. The van der Waals surface area contributed by atoms with Gasteiger partial charge >= 0.3 is 0 Å². The van der Waals surface area contributed by atoms with Crippen molar-refractivity contribution in [2.24, 2.45) is 0 Å². The first kappa shape index (κ1) is 25.9. The van der Waals surface area contributed by atoms with Crippen molar-refractivity contribution in [2.75, 3.05) is 43.1 Å². The highest BCUT2D eigenvalue weighted by Crippen LogP contribution is 2.29. The van der Waals surface area contributed by atoms with Crippen molar-refractivity contribution in [1.29, 1.82) is 0 Å². The lowest BCUT2D eigenvalue weighted by Crippen LogP contribution is -2.37. The molecule has 0 aliphatic carbocycles. The zero-order valence-corrected chi connectivity index (χ0v) is 22.3. The molecule has 200 valence electrons. The lowest BCUT2D eigenvalue weighted by molar-refractivity contribution is -0.169. The third kappa shape index (κ3) is 6.05. The summed E-state index contributed by atoms with van der Waals surface area (Å²) in [5.74, 6) is 0.607. The maximum Gasteiger partial charge on any atom is 0.177 e. The van der Waals surface area contributed by atoms with Gasteiger partial charge in [-0.25, -0.2) is 13.9 Å². The van der Waals surface area contributed by atoms with Gasteiger partial charge in [-0.2, -0.15) is 0 Å². The van der Waals surface area contributed by atoms with Crippen LogP contribution in [0.5, 0.6) is 0 Å². The Bertz CT molecular complexity index is 1230. The van der Waals surface area contributed by atoms with Gasteiger partial charge in [0.2, 0.25) is 0 Å². The van der Waals surface area contributed by atoms with Crippen LogP contribution in [0.25, 0.3) is 5.65 Å². The van der Waals surface area contributed by atoms with Crippen LogP contribution in [-0.4, -0.2) is 59.3 Å². The fourth-order valence-corrected chi connectivity index (χ4v) is 4.93. The highest BCUT2D eigenvalue weighted by atomic mass is 19.1. The van der Waals surface area contributed by atoms with Gasteiger partial charge in [0.25, 0.3) is 0 Å². The lowest BCUT2D eigenvalue weighted by atomic mass is 10.0. The standard InChI is InChI=1S/C28H38FN5O3/c1-19-24(16-20-8-7-9-22(29)21(20)18-37-26-10-5-6-13-36-26)34-27(30-19)23(31-28(2,3)4)17-25(32-34)33-11-14-35-15-12-33/h7-9,17,26,31H,5-6,10-16,18H2,1-4H3. The molecule has 8 nitrogen and oxygen atoms in total. The number of hydrogen-bond donors (Lipinski definition) is 1. The first-order valence-corrected chi connectivity index (χ1v) is 13.3. The maximum absolute atomic E-state index is 15.0. The van der Waals surface area contributed by atoms with E-state index in [9.17, 15) is 0 Å². The summed E-state index contributed by atoms with van der Waals surface area (Å²) in [4.78, 5) is 7.14. The fraction of sp³-hybridized carbons (Fsp3) is 0.571. The van der Waals surface area contributed by atoms with Gasteiger partial charge in [-0.05, 0) is 58.6 Å². The van der Waals surface area contributed by atoms with Gasteiger partial charge in [-0.15, -0.1) is 5.10 Å². The Balaban J connectivity index is 1.51. The number of aromatic nitrogens is 3.